The molecule has 1 N–H and O–H groups in total. The molecule has 1 saturated carbocycles. The number of nitrogens with one attached hydrogen (secondary N) is 1. The summed E-state index contributed by atoms with van der Waals surface area (Å²) in [6, 6.07) is 11.6. The van der Waals surface area contributed by atoms with Gasteiger partial charge in [-0.1, -0.05) is 49.1 Å². The summed E-state index contributed by atoms with van der Waals surface area (Å²) in [6.45, 7) is 3.34. The first kappa shape index (κ1) is 29.3. The van der Waals surface area contributed by atoms with Gasteiger partial charge in [0.1, 0.15) is 12.6 Å². The minimum atomic E-state index is -3.85. The minimum absolute atomic E-state index is 0.0916. The topological polar surface area (TPSA) is 105 Å². The zero-order chi connectivity index (χ0) is 27.9. The van der Waals surface area contributed by atoms with E-state index in [2.05, 4.69) is 5.32 Å². The molecule has 2 amide bonds. The number of hydrogen-bond donors (Lipinski definition) is 1. The number of aryl methyl sites for hydroxylation is 1. The number of sulfonamides is 1. The van der Waals surface area contributed by atoms with Crippen LogP contribution in [0, 0.1) is 6.92 Å². The lowest BCUT2D eigenvalue weighted by Gasteiger charge is -2.33. The van der Waals surface area contributed by atoms with E-state index in [1.807, 2.05) is 31.2 Å². The van der Waals surface area contributed by atoms with Crippen LogP contribution >= 0.6 is 0 Å². The standard InChI is InChI=1S/C28H39N3O6S/c1-20-10-9-11-22(16-20)18-30(21(2)28(33)29-23-12-7-6-8-13-23)27(32)19-31(38(5,34)35)24-14-15-25(36-3)26(17-24)37-4/h9-11,14-17,21,23H,6-8,12-13,18-19H2,1-5H3,(H,29,33)/t21-/m1/s1. The second-order valence-corrected chi connectivity index (χ2v) is 11.7. The van der Waals surface area contributed by atoms with Gasteiger partial charge in [0, 0.05) is 18.7 Å². The molecule has 38 heavy (non-hydrogen) atoms. The van der Waals surface area contributed by atoms with E-state index in [0.29, 0.717) is 11.5 Å². The predicted molar refractivity (Wildman–Crippen MR) is 148 cm³/mol. The lowest BCUT2D eigenvalue weighted by Crippen LogP contribution is -2.53. The molecule has 1 fully saturated rings. The molecule has 0 saturated heterocycles. The third-order valence-corrected chi connectivity index (χ3v) is 8.03. The number of hydrogen-bond acceptors (Lipinski definition) is 6. The van der Waals surface area contributed by atoms with E-state index in [4.69, 9.17) is 9.47 Å². The van der Waals surface area contributed by atoms with Crippen molar-refractivity contribution in [2.75, 3.05) is 31.3 Å². The average molecular weight is 546 g/mol. The van der Waals surface area contributed by atoms with Crippen LogP contribution < -0.4 is 19.1 Å². The Labute approximate surface area is 226 Å². The molecule has 2 aromatic carbocycles. The average Bonchev–Trinajstić information content (AvgIpc) is 2.89. The van der Waals surface area contributed by atoms with Crippen LogP contribution in [0.5, 0.6) is 11.5 Å². The number of nitrogens with zero attached hydrogens (tertiary/aromatic N) is 2. The van der Waals surface area contributed by atoms with E-state index in [9.17, 15) is 18.0 Å². The highest BCUT2D eigenvalue weighted by Gasteiger charge is 2.31. The Kier molecular flexibility index (Phi) is 10.0. The molecule has 2 aromatic rings. The third kappa shape index (κ3) is 7.63. The Morgan fingerprint density at radius 2 is 1.71 bits per heavy atom. The predicted octanol–water partition coefficient (Wildman–Crippen LogP) is 3.64. The van der Waals surface area contributed by atoms with Crippen molar-refractivity contribution in [1.29, 1.82) is 0 Å². The summed E-state index contributed by atoms with van der Waals surface area (Å²) in [7, 11) is -0.914. The molecular weight excluding hydrogens is 506 g/mol. The number of anilines is 1. The summed E-state index contributed by atoms with van der Waals surface area (Å²) >= 11 is 0. The highest BCUT2D eigenvalue weighted by Crippen LogP contribution is 2.32. The van der Waals surface area contributed by atoms with Gasteiger partial charge in [0.2, 0.25) is 21.8 Å². The summed E-state index contributed by atoms with van der Waals surface area (Å²) in [5, 5.41) is 3.10. The first-order valence-corrected chi connectivity index (χ1v) is 14.7. The van der Waals surface area contributed by atoms with Gasteiger partial charge < -0.3 is 19.7 Å². The number of ether oxygens (including phenoxy) is 2. The van der Waals surface area contributed by atoms with Gasteiger partial charge in [-0.2, -0.15) is 0 Å². The molecule has 9 nitrogen and oxygen atoms in total. The largest absolute Gasteiger partial charge is 0.493 e. The summed E-state index contributed by atoms with van der Waals surface area (Å²) in [4.78, 5) is 28.5. The molecule has 0 spiro atoms. The van der Waals surface area contributed by atoms with E-state index >= 15 is 0 Å². The van der Waals surface area contributed by atoms with Crippen LogP contribution in [-0.4, -0.2) is 64.2 Å². The smallest absolute Gasteiger partial charge is 0.244 e. The number of carbonyl (C=O) groups is 2. The van der Waals surface area contributed by atoms with E-state index < -0.39 is 28.5 Å². The van der Waals surface area contributed by atoms with Crippen LogP contribution in [-0.2, 0) is 26.2 Å². The van der Waals surface area contributed by atoms with E-state index in [0.717, 1.165) is 53.8 Å². The van der Waals surface area contributed by atoms with Crippen molar-refractivity contribution in [3.05, 3.63) is 53.6 Å². The third-order valence-electron chi connectivity index (χ3n) is 6.89. The number of carbonyl (C=O) groups excluding carboxylic acids is 2. The maximum absolute atomic E-state index is 13.8. The van der Waals surface area contributed by atoms with Crippen LogP contribution in [0.25, 0.3) is 0 Å². The molecule has 0 heterocycles. The highest BCUT2D eigenvalue weighted by molar-refractivity contribution is 7.92. The van der Waals surface area contributed by atoms with Crippen LogP contribution in [0.3, 0.4) is 0 Å². The number of benzene rings is 2. The SMILES string of the molecule is COc1ccc(N(CC(=O)N(Cc2cccc(C)c2)[C@H](C)C(=O)NC2CCCCC2)S(C)(=O)=O)cc1OC. The molecule has 0 aliphatic heterocycles. The monoisotopic (exact) mass is 545 g/mol. The molecule has 0 bridgehead atoms. The highest BCUT2D eigenvalue weighted by atomic mass is 32.2. The molecule has 0 radical (unpaired) electrons. The van der Waals surface area contributed by atoms with Crippen molar-refractivity contribution >= 4 is 27.5 Å². The van der Waals surface area contributed by atoms with Gasteiger partial charge >= 0.3 is 0 Å². The molecule has 0 unspecified atom stereocenters. The maximum Gasteiger partial charge on any atom is 0.244 e. The van der Waals surface area contributed by atoms with E-state index in [1.165, 1.54) is 25.2 Å². The Morgan fingerprint density at radius 1 is 1.03 bits per heavy atom. The van der Waals surface area contributed by atoms with E-state index in [-0.39, 0.29) is 24.2 Å². The fourth-order valence-electron chi connectivity index (χ4n) is 4.75. The summed E-state index contributed by atoms with van der Waals surface area (Å²) < 4.78 is 37.2. The summed E-state index contributed by atoms with van der Waals surface area (Å²) in [6.07, 6.45) is 6.19. The zero-order valence-corrected chi connectivity index (χ0v) is 23.7. The molecule has 10 heteroatoms. The van der Waals surface area contributed by atoms with Crippen molar-refractivity contribution in [3.63, 3.8) is 0 Å². The Bertz CT molecular complexity index is 1230. The lowest BCUT2D eigenvalue weighted by atomic mass is 9.95. The lowest BCUT2D eigenvalue weighted by molar-refractivity contribution is -0.139. The van der Waals surface area contributed by atoms with E-state index in [1.54, 1.807) is 19.1 Å². The van der Waals surface area contributed by atoms with Gasteiger partial charge in [0.05, 0.1) is 26.2 Å². The quantitative estimate of drug-likeness (QED) is 0.462. The molecule has 1 aliphatic rings. The van der Waals surface area contributed by atoms with Gasteiger partial charge in [0.25, 0.3) is 0 Å². The molecule has 3 rings (SSSR count). The number of rotatable bonds is 11. The van der Waals surface area contributed by atoms with Crippen molar-refractivity contribution in [2.24, 2.45) is 0 Å². The summed E-state index contributed by atoms with van der Waals surface area (Å²) in [5.74, 6) is 0.0426. The maximum atomic E-state index is 13.8. The normalized spacial score (nSPS) is 14.9. The van der Waals surface area contributed by atoms with Crippen molar-refractivity contribution in [3.8, 4) is 11.5 Å². The second-order valence-electron chi connectivity index (χ2n) is 9.84. The Morgan fingerprint density at radius 3 is 2.32 bits per heavy atom. The van der Waals surface area contributed by atoms with Crippen molar-refractivity contribution in [1.82, 2.24) is 10.2 Å². The van der Waals surface area contributed by atoms with Crippen LogP contribution in [0.4, 0.5) is 5.69 Å². The fraction of sp³-hybridized carbons (Fsp3) is 0.500. The van der Waals surface area contributed by atoms with Gasteiger partial charge in [-0.3, -0.25) is 13.9 Å². The second kappa shape index (κ2) is 13.0. The molecule has 0 aromatic heterocycles. The van der Waals surface area contributed by atoms with Crippen LogP contribution in [0.2, 0.25) is 0 Å². The first-order valence-electron chi connectivity index (χ1n) is 12.9. The Balaban J connectivity index is 1.90. The fourth-order valence-corrected chi connectivity index (χ4v) is 5.59. The molecule has 1 atom stereocenters. The molecule has 1 aliphatic carbocycles. The van der Waals surface area contributed by atoms with Gasteiger partial charge in [0.15, 0.2) is 11.5 Å². The molecular formula is C28H39N3O6S. The molecule has 208 valence electrons. The zero-order valence-electron chi connectivity index (χ0n) is 22.9. The van der Waals surface area contributed by atoms with Crippen LogP contribution in [0.1, 0.15) is 50.2 Å². The van der Waals surface area contributed by atoms with Gasteiger partial charge in [-0.05, 0) is 44.4 Å². The van der Waals surface area contributed by atoms with Crippen molar-refractivity contribution in [2.45, 2.75) is 64.6 Å². The number of amides is 2. The van der Waals surface area contributed by atoms with Gasteiger partial charge in [-0.25, -0.2) is 8.42 Å². The summed E-state index contributed by atoms with van der Waals surface area (Å²) in [5.41, 5.74) is 2.14. The van der Waals surface area contributed by atoms with Gasteiger partial charge in [-0.15, -0.1) is 0 Å². The van der Waals surface area contributed by atoms with Crippen molar-refractivity contribution < 1.29 is 27.5 Å². The Hall–Kier alpha value is -3.27. The minimum Gasteiger partial charge on any atom is -0.493 e. The number of methoxy groups -OCH3 is 2. The first-order chi connectivity index (χ1) is 18.0. The van der Waals surface area contributed by atoms with Crippen LogP contribution in [0.15, 0.2) is 42.5 Å².